The summed E-state index contributed by atoms with van der Waals surface area (Å²) in [4.78, 5) is 4.74. The minimum atomic E-state index is -0.267. The fourth-order valence-electron chi connectivity index (χ4n) is 3.15. The van der Waals surface area contributed by atoms with Crippen molar-refractivity contribution >= 4 is 6.02 Å². The van der Waals surface area contributed by atoms with Crippen LogP contribution in [0.3, 0.4) is 0 Å². The molecule has 1 aliphatic rings. The van der Waals surface area contributed by atoms with Crippen LogP contribution in [-0.4, -0.2) is 6.02 Å². The lowest BCUT2D eigenvalue weighted by molar-refractivity contribution is 0.278. The van der Waals surface area contributed by atoms with E-state index in [0.717, 1.165) is 16.7 Å². The Bertz CT molecular complexity index is 896. The second-order valence-corrected chi connectivity index (χ2v) is 6.24. The van der Waals surface area contributed by atoms with E-state index in [2.05, 4.69) is 29.6 Å². The second kappa shape index (κ2) is 7.40. The molecule has 0 radical (unpaired) electrons. The van der Waals surface area contributed by atoms with E-state index in [4.69, 9.17) is 9.73 Å². The Morgan fingerprint density at radius 2 is 1.54 bits per heavy atom. The summed E-state index contributed by atoms with van der Waals surface area (Å²) < 4.78 is 19.2. The van der Waals surface area contributed by atoms with Gasteiger partial charge < -0.3 is 10.1 Å². The van der Waals surface area contributed by atoms with E-state index >= 15 is 0 Å². The summed E-state index contributed by atoms with van der Waals surface area (Å²) in [6, 6.07) is 27.2. The average Bonchev–Trinajstić information content (AvgIpc) is 3.12. The first-order valence-electron chi connectivity index (χ1n) is 8.61. The zero-order valence-corrected chi connectivity index (χ0v) is 14.2. The van der Waals surface area contributed by atoms with Crippen molar-refractivity contribution in [3.63, 3.8) is 0 Å². The third kappa shape index (κ3) is 3.59. The van der Waals surface area contributed by atoms with Gasteiger partial charge >= 0.3 is 0 Å². The maximum Gasteiger partial charge on any atom is 0.286 e. The van der Waals surface area contributed by atoms with Crippen LogP contribution in [0.2, 0.25) is 0 Å². The van der Waals surface area contributed by atoms with E-state index in [-0.39, 0.29) is 24.5 Å². The molecule has 2 atom stereocenters. The summed E-state index contributed by atoms with van der Waals surface area (Å²) in [5.41, 5.74) is 3.04. The number of aliphatic imine (C=N–C) groups is 1. The first kappa shape index (κ1) is 16.3. The predicted octanol–water partition coefficient (Wildman–Crippen LogP) is 4.78. The smallest absolute Gasteiger partial charge is 0.286 e. The van der Waals surface area contributed by atoms with Crippen molar-refractivity contribution in [2.24, 2.45) is 4.99 Å². The van der Waals surface area contributed by atoms with Gasteiger partial charge in [-0.1, -0.05) is 72.8 Å². The molecule has 0 aromatic heterocycles. The van der Waals surface area contributed by atoms with E-state index in [1.165, 1.54) is 12.1 Å². The van der Waals surface area contributed by atoms with Crippen LogP contribution in [0.15, 0.2) is 89.9 Å². The topological polar surface area (TPSA) is 33.6 Å². The van der Waals surface area contributed by atoms with E-state index in [9.17, 15) is 4.39 Å². The van der Waals surface area contributed by atoms with E-state index in [1.54, 1.807) is 6.07 Å². The Morgan fingerprint density at radius 3 is 2.23 bits per heavy atom. The van der Waals surface area contributed by atoms with Gasteiger partial charge in [-0.25, -0.2) is 9.38 Å². The highest BCUT2D eigenvalue weighted by Crippen LogP contribution is 2.36. The molecule has 4 heteroatoms. The van der Waals surface area contributed by atoms with Gasteiger partial charge in [0.2, 0.25) is 0 Å². The molecule has 1 aliphatic heterocycles. The van der Waals surface area contributed by atoms with Crippen molar-refractivity contribution in [1.29, 1.82) is 0 Å². The lowest BCUT2D eigenvalue weighted by atomic mass is 9.95. The van der Waals surface area contributed by atoms with Crippen LogP contribution in [0.5, 0.6) is 0 Å². The van der Waals surface area contributed by atoms with Crippen LogP contribution in [0, 0.1) is 5.82 Å². The number of hydrogen-bond donors (Lipinski definition) is 1. The highest BCUT2D eigenvalue weighted by molar-refractivity contribution is 5.77. The van der Waals surface area contributed by atoms with Gasteiger partial charge in [0.15, 0.2) is 0 Å². The number of rotatable bonds is 4. The molecule has 0 spiro atoms. The summed E-state index contributed by atoms with van der Waals surface area (Å²) in [7, 11) is 0. The molecule has 1 heterocycles. The zero-order valence-electron chi connectivity index (χ0n) is 14.2. The fraction of sp³-hybridized carbons (Fsp3) is 0.136. The average molecular weight is 346 g/mol. The Hall–Kier alpha value is -3.14. The summed E-state index contributed by atoms with van der Waals surface area (Å²) in [6.07, 6.45) is 0. The molecule has 26 heavy (non-hydrogen) atoms. The molecule has 1 N–H and O–H groups in total. The van der Waals surface area contributed by atoms with Crippen molar-refractivity contribution in [2.45, 2.75) is 18.7 Å². The van der Waals surface area contributed by atoms with Gasteiger partial charge in [-0.2, -0.15) is 0 Å². The lowest BCUT2D eigenvalue weighted by Gasteiger charge is -2.19. The van der Waals surface area contributed by atoms with Gasteiger partial charge in [-0.3, -0.25) is 0 Å². The lowest BCUT2D eigenvalue weighted by Crippen LogP contribution is -2.26. The normalized spacial score (nSPS) is 18.9. The summed E-state index contributed by atoms with van der Waals surface area (Å²) >= 11 is 0. The van der Waals surface area contributed by atoms with Crippen molar-refractivity contribution in [3.05, 3.63) is 107 Å². The Balaban J connectivity index is 1.56. The number of benzene rings is 3. The van der Waals surface area contributed by atoms with E-state index in [0.29, 0.717) is 6.02 Å². The Kier molecular flexibility index (Phi) is 4.65. The highest BCUT2D eigenvalue weighted by Gasteiger charge is 2.32. The molecule has 0 saturated heterocycles. The molecule has 130 valence electrons. The maximum atomic E-state index is 13.3. The van der Waals surface area contributed by atoms with Gasteiger partial charge in [0.1, 0.15) is 18.5 Å². The van der Waals surface area contributed by atoms with Crippen molar-refractivity contribution in [1.82, 2.24) is 5.32 Å². The number of nitrogens with zero attached hydrogens (tertiary/aromatic N) is 1. The number of ether oxygens (including phenoxy) is 1. The Morgan fingerprint density at radius 1 is 0.846 bits per heavy atom. The summed E-state index contributed by atoms with van der Waals surface area (Å²) in [6.45, 7) is 0.270. The standard InChI is InChI=1S/C22H19FN2O/c23-19-13-7-8-16(14-19)15-26-22-24-20(17-9-3-1-4-10-17)21(25-22)18-11-5-2-6-12-18/h1-14,20-21H,15H2,(H,24,25). The van der Waals surface area contributed by atoms with Gasteiger partial charge in [0, 0.05) is 0 Å². The molecule has 0 amide bonds. The molecular weight excluding hydrogens is 327 g/mol. The third-order valence-corrected chi connectivity index (χ3v) is 4.42. The fourth-order valence-corrected chi connectivity index (χ4v) is 3.15. The first-order valence-corrected chi connectivity index (χ1v) is 8.61. The molecule has 0 fully saturated rings. The quantitative estimate of drug-likeness (QED) is 0.737. The van der Waals surface area contributed by atoms with Crippen LogP contribution in [0.25, 0.3) is 0 Å². The molecule has 0 aliphatic carbocycles. The van der Waals surface area contributed by atoms with Crippen molar-refractivity contribution in [3.8, 4) is 0 Å². The van der Waals surface area contributed by atoms with Gasteiger partial charge in [-0.05, 0) is 28.8 Å². The Labute approximate surface area is 152 Å². The summed E-state index contributed by atoms with van der Waals surface area (Å²) in [5.74, 6) is -0.267. The molecule has 3 aromatic carbocycles. The molecule has 2 unspecified atom stereocenters. The van der Waals surface area contributed by atoms with Crippen LogP contribution in [0.4, 0.5) is 4.39 Å². The molecule has 3 aromatic rings. The van der Waals surface area contributed by atoms with E-state index in [1.807, 2.05) is 42.5 Å². The van der Waals surface area contributed by atoms with Crippen LogP contribution in [0.1, 0.15) is 28.8 Å². The number of halogens is 1. The largest absolute Gasteiger partial charge is 0.460 e. The number of nitrogens with one attached hydrogen (secondary N) is 1. The number of amidine groups is 1. The number of hydrogen-bond acceptors (Lipinski definition) is 3. The van der Waals surface area contributed by atoms with Gasteiger partial charge in [-0.15, -0.1) is 0 Å². The predicted molar refractivity (Wildman–Crippen MR) is 100 cm³/mol. The van der Waals surface area contributed by atoms with Crippen LogP contribution < -0.4 is 5.32 Å². The van der Waals surface area contributed by atoms with Crippen LogP contribution >= 0.6 is 0 Å². The maximum absolute atomic E-state index is 13.3. The summed E-state index contributed by atoms with van der Waals surface area (Å²) in [5, 5.41) is 3.37. The molecule has 3 nitrogen and oxygen atoms in total. The first-order chi connectivity index (χ1) is 12.8. The van der Waals surface area contributed by atoms with Gasteiger partial charge in [0.25, 0.3) is 6.02 Å². The van der Waals surface area contributed by atoms with Gasteiger partial charge in [0.05, 0.1) is 6.04 Å². The molecular formula is C22H19FN2O. The highest BCUT2D eigenvalue weighted by atomic mass is 19.1. The van der Waals surface area contributed by atoms with Crippen molar-refractivity contribution < 1.29 is 9.13 Å². The van der Waals surface area contributed by atoms with E-state index < -0.39 is 0 Å². The molecule has 4 rings (SSSR count). The SMILES string of the molecule is Fc1cccc(COC2=NC(c3ccccc3)C(c3ccccc3)N2)c1. The zero-order chi connectivity index (χ0) is 17.8. The second-order valence-electron chi connectivity index (χ2n) is 6.24. The third-order valence-electron chi connectivity index (χ3n) is 4.42. The monoisotopic (exact) mass is 346 g/mol. The van der Waals surface area contributed by atoms with Crippen LogP contribution in [-0.2, 0) is 11.3 Å². The molecule has 0 bridgehead atoms. The molecule has 0 saturated carbocycles. The minimum Gasteiger partial charge on any atom is -0.460 e. The van der Waals surface area contributed by atoms with Crippen molar-refractivity contribution in [2.75, 3.05) is 0 Å². The minimum absolute atomic E-state index is 0.00103.